The van der Waals surface area contributed by atoms with E-state index < -0.39 is 17.4 Å². The van der Waals surface area contributed by atoms with Gasteiger partial charge in [-0.25, -0.2) is 9.58 Å². The van der Waals surface area contributed by atoms with Gasteiger partial charge in [0.05, 0.1) is 22.5 Å². The Hall–Kier alpha value is -4.02. The van der Waals surface area contributed by atoms with Gasteiger partial charge in [0.15, 0.2) is 11.5 Å². The van der Waals surface area contributed by atoms with Gasteiger partial charge in [0.25, 0.3) is 17.4 Å². The number of nitrogens with one attached hydrogen (secondary N) is 1. The van der Waals surface area contributed by atoms with Crippen LogP contribution in [0.3, 0.4) is 0 Å². The van der Waals surface area contributed by atoms with E-state index in [0.29, 0.717) is 46.7 Å². The van der Waals surface area contributed by atoms with Gasteiger partial charge in [-0.05, 0) is 44.3 Å². The molecule has 0 atom stereocenters. The summed E-state index contributed by atoms with van der Waals surface area (Å²) in [5.41, 5.74) is 1.40. The Morgan fingerprint density at radius 2 is 1.65 bits per heavy atom. The van der Waals surface area contributed by atoms with E-state index in [4.69, 9.17) is 21.1 Å². The second-order valence-electron chi connectivity index (χ2n) is 9.23. The molecule has 0 spiro atoms. The molecular weight excluding hydrogens is 498 g/mol. The number of H-pyrrole nitrogens is 1. The maximum absolute atomic E-state index is 14.0. The maximum Gasteiger partial charge on any atom is 0.282 e. The SMILES string of the molecule is Cc1[nH]n(-c2cccc(Cl)c2)c(=O)c1C1=C(N2CCN(C)CC2)C(=O)N(c2ccc3c(c2)OCO3)C1=O. The van der Waals surface area contributed by atoms with E-state index in [1.165, 1.54) is 4.68 Å². The smallest absolute Gasteiger partial charge is 0.282 e. The van der Waals surface area contributed by atoms with Gasteiger partial charge in [-0.3, -0.25) is 19.5 Å². The fourth-order valence-electron chi connectivity index (χ4n) is 4.96. The van der Waals surface area contributed by atoms with E-state index in [0.717, 1.165) is 18.0 Å². The highest BCUT2D eigenvalue weighted by atomic mass is 35.5. The number of carbonyl (C=O) groups excluding carboxylic acids is 2. The molecule has 2 amide bonds. The van der Waals surface area contributed by atoms with Crippen LogP contribution in [0.15, 0.2) is 53.0 Å². The number of benzene rings is 2. The van der Waals surface area contributed by atoms with Gasteiger partial charge < -0.3 is 19.3 Å². The van der Waals surface area contributed by atoms with Gasteiger partial charge in [-0.1, -0.05) is 17.7 Å². The van der Waals surface area contributed by atoms with Gasteiger partial charge in [-0.2, -0.15) is 0 Å². The van der Waals surface area contributed by atoms with Crippen molar-refractivity contribution in [3.05, 3.63) is 74.8 Å². The number of likely N-dealkylation sites (N-methyl/N-ethyl adjacent to an activating group) is 1. The van der Waals surface area contributed by atoms with E-state index >= 15 is 0 Å². The van der Waals surface area contributed by atoms with Gasteiger partial charge in [0.2, 0.25) is 6.79 Å². The number of anilines is 1. The molecule has 1 fully saturated rings. The van der Waals surface area contributed by atoms with Crippen LogP contribution in [0.25, 0.3) is 11.3 Å². The predicted molar refractivity (Wildman–Crippen MR) is 137 cm³/mol. The second-order valence-corrected chi connectivity index (χ2v) is 9.67. The number of piperazine rings is 1. The van der Waals surface area contributed by atoms with Crippen LogP contribution in [-0.4, -0.2) is 71.4 Å². The summed E-state index contributed by atoms with van der Waals surface area (Å²) in [4.78, 5) is 46.8. The van der Waals surface area contributed by atoms with Crippen LogP contribution in [0, 0.1) is 6.92 Å². The van der Waals surface area contributed by atoms with Crippen LogP contribution in [-0.2, 0) is 9.59 Å². The van der Waals surface area contributed by atoms with Crippen LogP contribution in [0.4, 0.5) is 5.69 Å². The van der Waals surface area contributed by atoms with Gasteiger partial charge in [0, 0.05) is 43.0 Å². The highest BCUT2D eigenvalue weighted by Crippen LogP contribution is 2.40. The summed E-state index contributed by atoms with van der Waals surface area (Å²) in [6, 6.07) is 11.8. The summed E-state index contributed by atoms with van der Waals surface area (Å²) in [5, 5.41) is 3.52. The molecule has 10 nitrogen and oxygen atoms in total. The van der Waals surface area contributed by atoms with Gasteiger partial charge >= 0.3 is 0 Å². The number of nitrogens with zero attached hydrogens (tertiary/aromatic N) is 4. The monoisotopic (exact) mass is 521 g/mol. The van der Waals surface area contributed by atoms with Crippen molar-refractivity contribution in [2.75, 3.05) is 44.9 Å². The number of aromatic amines is 1. The molecule has 3 aliphatic rings. The van der Waals surface area contributed by atoms with Crippen molar-refractivity contribution in [1.82, 2.24) is 19.6 Å². The quantitative estimate of drug-likeness (QED) is 0.526. The Morgan fingerprint density at radius 1 is 0.892 bits per heavy atom. The van der Waals surface area contributed by atoms with Crippen molar-refractivity contribution in [1.29, 1.82) is 0 Å². The summed E-state index contributed by atoms with van der Waals surface area (Å²) >= 11 is 6.15. The molecule has 1 N–H and O–H groups in total. The molecule has 1 saturated heterocycles. The van der Waals surface area contributed by atoms with E-state index in [9.17, 15) is 14.4 Å². The Labute approximate surface area is 217 Å². The molecule has 11 heteroatoms. The molecule has 6 rings (SSSR count). The number of imide groups is 1. The van der Waals surface area contributed by atoms with Crippen molar-refractivity contribution in [2.24, 2.45) is 0 Å². The fourth-order valence-corrected chi connectivity index (χ4v) is 5.15. The van der Waals surface area contributed by atoms with Crippen LogP contribution < -0.4 is 19.9 Å². The van der Waals surface area contributed by atoms with Crippen LogP contribution in [0.2, 0.25) is 5.02 Å². The van der Waals surface area contributed by atoms with Crippen molar-refractivity contribution in [3.63, 3.8) is 0 Å². The zero-order valence-electron chi connectivity index (χ0n) is 20.3. The standard InChI is InChI=1S/C26H24ClN5O5/c1-15-21(25(34)32(28-15)18-5-3-4-16(27)12-18)22-23(30-10-8-29(2)9-11-30)26(35)31(24(22)33)17-6-7-19-20(13-17)37-14-36-19/h3-7,12-13,28H,8-11,14H2,1-2H3. The first kappa shape index (κ1) is 23.4. The lowest BCUT2D eigenvalue weighted by atomic mass is 10.0. The number of amides is 2. The Bertz CT molecular complexity index is 1530. The number of fused-ring (bicyclic) bond motifs is 1. The first-order valence-electron chi connectivity index (χ1n) is 11.9. The highest BCUT2D eigenvalue weighted by molar-refractivity contribution is 6.45. The summed E-state index contributed by atoms with van der Waals surface area (Å²) in [6.45, 7) is 4.34. The molecular formula is C26H24ClN5O5. The molecule has 0 saturated carbocycles. The average Bonchev–Trinajstić information content (AvgIpc) is 3.53. The third-order valence-corrected chi connectivity index (χ3v) is 7.12. The minimum absolute atomic E-state index is 0.0717. The summed E-state index contributed by atoms with van der Waals surface area (Å²) in [7, 11) is 2.01. The van der Waals surface area contributed by atoms with E-state index in [2.05, 4.69) is 10.00 Å². The largest absolute Gasteiger partial charge is 0.454 e. The third kappa shape index (κ3) is 3.80. The van der Waals surface area contributed by atoms with Crippen molar-refractivity contribution in [2.45, 2.75) is 6.92 Å². The summed E-state index contributed by atoms with van der Waals surface area (Å²) in [6.07, 6.45) is 0. The lowest BCUT2D eigenvalue weighted by Crippen LogP contribution is -2.46. The Morgan fingerprint density at radius 3 is 2.41 bits per heavy atom. The van der Waals surface area contributed by atoms with Crippen LogP contribution in [0.5, 0.6) is 11.5 Å². The highest BCUT2D eigenvalue weighted by Gasteiger charge is 2.45. The second kappa shape index (κ2) is 8.82. The lowest BCUT2D eigenvalue weighted by Gasteiger charge is -2.34. The minimum atomic E-state index is -0.560. The Balaban J connectivity index is 1.50. The first-order chi connectivity index (χ1) is 17.8. The lowest BCUT2D eigenvalue weighted by molar-refractivity contribution is -0.120. The van der Waals surface area contributed by atoms with E-state index in [-0.39, 0.29) is 23.6 Å². The molecule has 0 bridgehead atoms. The third-order valence-electron chi connectivity index (χ3n) is 6.88. The maximum atomic E-state index is 14.0. The van der Waals surface area contributed by atoms with Crippen molar-refractivity contribution >= 4 is 34.7 Å². The number of halogens is 1. The predicted octanol–water partition coefficient (Wildman–Crippen LogP) is 2.39. The normalized spacial score (nSPS) is 17.9. The van der Waals surface area contributed by atoms with Crippen LogP contribution in [0.1, 0.15) is 11.3 Å². The fraction of sp³-hybridized carbons (Fsp3) is 0.269. The summed E-state index contributed by atoms with van der Waals surface area (Å²) < 4.78 is 12.2. The van der Waals surface area contributed by atoms with E-state index in [1.54, 1.807) is 49.4 Å². The van der Waals surface area contributed by atoms with Gasteiger partial charge in [-0.15, -0.1) is 0 Å². The zero-order chi connectivity index (χ0) is 25.8. The number of hydrogen-bond acceptors (Lipinski definition) is 7. The number of hydrogen-bond donors (Lipinski definition) is 1. The molecule has 3 aliphatic heterocycles. The molecule has 0 unspecified atom stereocenters. The number of aryl methyl sites for hydroxylation is 1. The Kier molecular flexibility index (Phi) is 5.58. The molecule has 3 aromatic rings. The van der Waals surface area contributed by atoms with Crippen molar-refractivity contribution < 1.29 is 19.1 Å². The number of ether oxygens (including phenoxy) is 2. The molecule has 4 heterocycles. The molecule has 0 radical (unpaired) electrons. The number of aromatic nitrogens is 2. The molecule has 37 heavy (non-hydrogen) atoms. The summed E-state index contributed by atoms with van der Waals surface area (Å²) in [5.74, 6) is -0.0389. The van der Waals surface area contributed by atoms with E-state index in [1.807, 2.05) is 11.9 Å². The zero-order valence-corrected chi connectivity index (χ0v) is 21.0. The minimum Gasteiger partial charge on any atom is -0.454 e. The number of rotatable bonds is 4. The van der Waals surface area contributed by atoms with Crippen LogP contribution >= 0.6 is 11.6 Å². The molecule has 2 aromatic carbocycles. The van der Waals surface area contributed by atoms with Gasteiger partial charge in [0.1, 0.15) is 5.70 Å². The van der Waals surface area contributed by atoms with Crippen molar-refractivity contribution in [3.8, 4) is 17.2 Å². The molecule has 0 aliphatic carbocycles. The molecule has 190 valence electrons. The number of carbonyl (C=O) groups is 2. The molecule has 1 aromatic heterocycles. The first-order valence-corrected chi connectivity index (χ1v) is 12.3. The topological polar surface area (TPSA) is 100 Å². The average molecular weight is 522 g/mol.